The number of aryl methyl sites for hydroxylation is 2. The third-order valence-electron chi connectivity index (χ3n) is 4.16. The molecule has 146 valence electrons. The first-order valence-electron chi connectivity index (χ1n) is 8.73. The SMILES string of the molecule is Cc1ccc(S(=O)(=O)N(C)C)cc1NC(=O)CCCOc1ccccc1C. The zero-order valence-electron chi connectivity index (χ0n) is 16.2. The highest BCUT2D eigenvalue weighted by Crippen LogP contribution is 2.22. The van der Waals surface area contributed by atoms with Gasteiger partial charge >= 0.3 is 0 Å². The van der Waals surface area contributed by atoms with E-state index in [-0.39, 0.29) is 17.2 Å². The lowest BCUT2D eigenvalue weighted by atomic mass is 10.2. The van der Waals surface area contributed by atoms with E-state index in [1.807, 2.05) is 38.1 Å². The molecule has 2 aromatic rings. The van der Waals surface area contributed by atoms with E-state index in [4.69, 9.17) is 4.74 Å². The predicted octanol–water partition coefficient (Wildman–Crippen LogP) is 3.35. The van der Waals surface area contributed by atoms with Crippen LogP contribution >= 0.6 is 0 Å². The van der Waals surface area contributed by atoms with Gasteiger partial charge in [-0.05, 0) is 49.6 Å². The van der Waals surface area contributed by atoms with Gasteiger partial charge in [-0.2, -0.15) is 0 Å². The summed E-state index contributed by atoms with van der Waals surface area (Å²) < 4.78 is 31.3. The molecule has 0 saturated carbocycles. The molecule has 0 radical (unpaired) electrons. The number of para-hydroxylation sites is 1. The maximum atomic E-state index is 12.3. The smallest absolute Gasteiger partial charge is 0.242 e. The topological polar surface area (TPSA) is 75.7 Å². The Bertz CT molecular complexity index is 908. The number of amides is 1. The number of anilines is 1. The summed E-state index contributed by atoms with van der Waals surface area (Å²) in [5.41, 5.74) is 2.36. The van der Waals surface area contributed by atoms with Crippen LogP contribution in [-0.4, -0.2) is 39.3 Å². The number of benzene rings is 2. The minimum Gasteiger partial charge on any atom is -0.493 e. The fourth-order valence-corrected chi connectivity index (χ4v) is 3.38. The van der Waals surface area contributed by atoms with Gasteiger partial charge in [0.1, 0.15) is 5.75 Å². The standard InChI is InChI=1S/C20H26N2O4S/c1-15-11-12-17(27(24,25)22(3)4)14-18(15)21-20(23)10-7-13-26-19-9-6-5-8-16(19)2/h5-6,8-9,11-12,14H,7,10,13H2,1-4H3,(H,21,23). The van der Waals surface area contributed by atoms with Crippen LogP contribution in [-0.2, 0) is 14.8 Å². The molecule has 0 unspecified atom stereocenters. The quantitative estimate of drug-likeness (QED) is 0.702. The second-order valence-corrected chi connectivity index (χ2v) is 8.68. The number of hydrogen-bond acceptors (Lipinski definition) is 4. The molecule has 2 aromatic carbocycles. The van der Waals surface area contributed by atoms with Gasteiger partial charge in [-0.1, -0.05) is 24.3 Å². The average molecular weight is 391 g/mol. The van der Waals surface area contributed by atoms with Crippen molar-refractivity contribution in [3.63, 3.8) is 0 Å². The highest BCUT2D eigenvalue weighted by atomic mass is 32.2. The molecule has 7 heteroatoms. The molecule has 0 aliphatic rings. The summed E-state index contributed by atoms with van der Waals surface area (Å²) in [5.74, 6) is 0.640. The lowest BCUT2D eigenvalue weighted by Crippen LogP contribution is -2.22. The van der Waals surface area contributed by atoms with Crippen LogP contribution < -0.4 is 10.1 Å². The van der Waals surface area contributed by atoms with Gasteiger partial charge in [0.25, 0.3) is 0 Å². The number of nitrogens with one attached hydrogen (secondary N) is 1. The lowest BCUT2D eigenvalue weighted by molar-refractivity contribution is -0.116. The van der Waals surface area contributed by atoms with Gasteiger partial charge in [0, 0.05) is 26.2 Å². The Kier molecular flexibility index (Phi) is 6.98. The van der Waals surface area contributed by atoms with Crippen LogP contribution in [0.3, 0.4) is 0 Å². The van der Waals surface area contributed by atoms with Crippen LogP contribution in [0.5, 0.6) is 5.75 Å². The monoisotopic (exact) mass is 390 g/mol. The summed E-state index contributed by atoms with van der Waals surface area (Å²) in [6.45, 7) is 4.23. The van der Waals surface area contributed by atoms with E-state index in [1.54, 1.807) is 6.07 Å². The van der Waals surface area contributed by atoms with Crippen molar-refractivity contribution < 1.29 is 17.9 Å². The summed E-state index contributed by atoms with van der Waals surface area (Å²) in [6, 6.07) is 12.4. The zero-order chi connectivity index (χ0) is 20.0. The zero-order valence-corrected chi connectivity index (χ0v) is 17.0. The number of carbonyl (C=O) groups is 1. The molecule has 0 heterocycles. The predicted molar refractivity (Wildman–Crippen MR) is 107 cm³/mol. The van der Waals surface area contributed by atoms with Crippen molar-refractivity contribution in [2.75, 3.05) is 26.0 Å². The van der Waals surface area contributed by atoms with E-state index in [9.17, 15) is 13.2 Å². The van der Waals surface area contributed by atoms with Crippen LogP contribution in [0.1, 0.15) is 24.0 Å². The Balaban J connectivity index is 1.93. The Morgan fingerprint density at radius 3 is 2.44 bits per heavy atom. The Morgan fingerprint density at radius 1 is 1.07 bits per heavy atom. The fraction of sp³-hybridized carbons (Fsp3) is 0.350. The van der Waals surface area contributed by atoms with Crippen molar-refractivity contribution in [3.05, 3.63) is 53.6 Å². The Labute approximate surface area is 161 Å². The van der Waals surface area contributed by atoms with Crippen molar-refractivity contribution in [2.45, 2.75) is 31.6 Å². The van der Waals surface area contributed by atoms with E-state index >= 15 is 0 Å². The first-order chi connectivity index (χ1) is 12.7. The second kappa shape index (κ2) is 9.01. The summed E-state index contributed by atoms with van der Waals surface area (Å²) in [7, 11) is -0.597. The van der Waals surface area contributed by atoms with E-state index in [2.05, 4.69) is 5.32 Å². The summed E-state index contributed by atoms with van der Waals surface area (Å²) in [4.78, 5) is 12.4. The number of rotatable bonds is 8. The molecule has 1 N–H and O–H groups in total. The summed E-state index contributed by atoms with van der Waals surface area (Å²) in [5, 5.41) is 2.79. The highest BCUT2D eigenvalue weighted by Gasteiger charge is 2.18. The molecule has 6 nitrogen and oxygen atoms in total. The Morgan fingerprint density at radius 2 is 1.78 bits per heavy atom. The van der Waals surface area contributed by atoms with Crippen LogP contribution in [0.15, 0.2) is 47.4 Å². The molecule has 0 fully saturated rings. The van der Waals surface area contributed by atoms with Crippen molar-refractivity contribution >= 4 is 21.6 Å². The molecule has 0 atom stereocenters. The van der Waals surface area contributed by atoms with Crippen LogP contribution in [0, 0.1) is 13.8 Å². The summed E-state index contributed by atoms with van der Waals surface area (Å²) in [6.07, 6.45) is 0.852. The third-order valence-corrected chi connectivity index (χ3v) is 5.97. The van der Waals surface area contributed by atoms with Crippen molar-refractivity contribution in [2.24, 2.45) is 0 Å². The van der Waals surface area contributed by atoms with Gasteiger partial charge in [-0.25, -0.2) is 12.7 Å². The van der Waals surface area contributed by atoms with Crippen LogP contribution in [0.2, 0.25) is 0 Å². The first-order valence-corrected chi connectivity index (χ1v) is 10.2. The van der Waals surface area contributed by atoms with Gasteiger partial charge in [0.05, 0.1) is 11.5 Å². The summed E-state index contributed by atoms with van der Waals surface area (Å²) >= 11 is 0. The normalized spacial score (nSPS) is 11.4. The van der Waals surface area contributed by atoms with Gasteiger partial charge in [-0.3, -0.25) is 4.79 Å². The van der Waals surface area contributed by atoms with Crippen molar-refractivity contribution in [1.29, 1.82) is 0 Å². The third kappa shape index (κ3) is 5.55. The molecule has 0 bridgehead atoms. The van der Waals surface area contributed by atoms with E-state index in [0.717, 1.165) is 21.2 Å². The van der Waals surface area contributed by atoms with Gasteiger partial charge in [0.15, 0.2) is 0 Å². The molecule has 2 rings (SSSR count). The van der Waals surface area contributed by atoms with Crippen LogP contribution in [0.4, 0.5) is 5.69 Å². The van der Waals surface area contributed by atoms with Gasteiger partial charge in [-0.15, -0.1) is 0 Å². The minimum atomic E-state index is -3.55. The fourth-order valence-electron chi connectivity index (χ4n) is 2.45. The Hall–Kier alpha value is -2.38. The molecule has 27 heavy (non-hydrogen) atoms. The second-order valence-electron chi connectivity index (χ2n) is 6.53. The molecule has 0 spiro atoms. The largest absolute Gasteiger partial charge is 0.493 e. The number of nitrogens with zero attached hydrogens (tertiary/aromatic N) is 1. The molecular weight excluding hydrogens is 364 g/mol. The number of carbonyl (C=O) groups excluding carboxylic acids is 1. The minimum absolute atomic E-state index is 0.149. The van der Waals surface area contributed by atoms with Crippen molar-refractivity contribution in [3.8, 4) is 5.75 Å². The molecular formula is C20H26N2O4S. The molecule has 0 aliphatic heterocycles. The van der Waals surface area contributed by atoms with E-state index in [0.29, 0.717) is 18.7 Å². The van der Waals surface area contributed by atoms with Crippen molar-refractivity contribution in [1.82, 2.24) is 4.31 Å². The molecule has 0 aromatic heterocycles. The van der Waals surface area contributed by atoms with E-state index in [1.165, 1.54) is 26.2 Å². The maximum absolute atomic E-state index is 12.3. The molecule has 1 amide bonds. The number of hydrogen-bond donors (Lipinski definition) is 1. The molecule has 0 aliphatic carbocycles. The van der Waals surface area contributed by atoms with Gasteiger partial charge < -0.3 is 10.1 Å². The maximum Gasteiger partial charge on any atom is 0.242 e. The van der Waals surface area contributed by atoms with Crippen LogP contribution in [0.25, 0.3) is 0 Å². The number of sulfonamides is 1. The van der Waals surface area contributed by atoms with Gasteiger partial charge in [0.2, 0.25) is 15.9 Å². The molecule has 0 saturated heterocycles. The highest BCUT2D eigenvalue weighted by molar-refractivity contribution is 7.89. The first kappa shape index (κ1) is 20.9. The number of ether oxygens (including phenoxy) is 1. The average Bonchev–Trinajstić information content (AvgIpc) is 2.61. The van der Waals surface area contributed by atoms with E-state index < -0.39 is 10.0 Å². The lowest BCUT2D eigenvalue weighted by Gasteiger charge is -2.14.